The van der Waals surface area contributed by atoms with Gasteiger partial charge in [-0.25, -0.2) is 0 Å². The van der Waals surface area contributed by atoms with Crippen molar-refractivity contribution in [3.63, 3.8) is 0 Å². The summed E-state index contributed by atoms with van der Waals surface area (Å²) in [7, 11) is -1.27. The molecule has 0 fully saturated rings. The molecule has 1 rings (SSSR count). The van der Waals surface area contributed by atoms with Crippen LogP contribution in [0, 0.1) is 11.8 Å². The number of aryl methyl sites for hydroxylation is 1. The van der Waals surface area contributed by atoms with Gasteiger partial charge in [0.2, 0.25) is 0 Å². The summed E-state index contributed by atoms with van der Waals surface area (Å²) in [6, 6.07) is 1.57. The van der Waals surface area contributed by atoms with Crippen molar-refractivity contribution in [2.24, 2.45) is 5.09 Å². The Morgan fingerprint density at radius 1 is 1.73 bits per heavy atom. The Labute approximate surface area is 64.4 Å². The molecular formula is C6H7BN2O2. The Hall–Kier alpha value is -1.23. The minimum atomic E-state index is -1.27. The van der Waals surface area contributed by atoms with E-state index in [0.717, 1.165) is 5.56 Å². The normalized spacial score (nSPS) is 9.27. The molecule has 4 nitrogen and oxygen atoms in total. The predicted octanol–water partition coefficient (Wildman–Crippen LogP) is -0.156. The minimum absolute atomic E-state index is 0.509. The molecule has 0 saturated heterocycles. The molecule has 1 heterocycles. The highest BCUT2D eigenvalue weighted by Gasteiger charge is 2.17. The monoisotopic (exact) mass is 150 g/mol. The predicted molar refractivity (Wildman–Crippen MR) is 42.4 cm³/mol. The highest BCUT2D eigenvalue weighted by atomic mass is 16.3. The van der Waals surface area contributed by atoms with E-state index in [1.807, 2.05) is 0 Å². The van der Waals surface area contributed by atoms with Crippen LogP contribution >= 0.6 is 0 Å². The first-order valence-corrected chi connectivity index (χ1v) is 3.16. The number of hydrogen-bond donors (Lipinski definition) is 1. The van der Waals surface area contributed by atoms with Gasteiger partial charge in [0, 0.05) is 12.4 Å². The average Bonchev–Trinajstić information content (AvgIpc) is 2.04. The van der Waals surface area contributed by atoms with E-state index in [9.17, 15) is 4.91 Å². The molecule has 5 heteroatoms. The summed E-state index contributed by atoms with van der Waals surface area (Å²) in [6.07, 6.45) is 3.08. The third-order valence-corrected chi connectivity index (χ3v) is 1.44. The van der Waals surface area contributed by atoms with Crippen molar-refractivity contribution in [1.82, 2.24) is 4.98 Å². The van der Waals surface area contributed by atoms with Gasteiger partial charge >= 0.3 is 7.05 Å². The average molecular weight is 150 g/mol. The van der Waals surface area contributed by atoms with E-state index in [1.54, 1.807) is 19.2 Å². The van der Waals surface area contributed by atoms with Gasteiger partial charge in [0.25, 0.3) is 0 Å². The van der Waals surface area contributed by atoms with E-state index in [-0.39, 0.29) is 0 Å². The van der Waals surface area contributed by atoms with Crippen LogP contribution < -0.4 is 5.46 Å². The van der Waals surface area contributed by atoms with Crippen LogP contribution in [-0.4, -0.2) is 17.1 Å². The molecular weight excluding hydrogens is 143 g/mol. The lowest BCUT2D eigenvalue weighted by Crippen LogP contribution is -2.30. The molecule has 0 atom stereocenters. The fraction of sp³-hybridized carbons (Fsp3) is 0.167. The SMILES string of the molecule is Cc1cnccc1B(O)N=O. The second kappa shape index (κ2) is 3.25. The molecule has 0 radical (unpaired) electrons. The van der Waals surface area contributed by atoms with Crippen LogP contribution in [0.5, 0.6) is 0 Å². The molecule has 11 heavy (non-hydrogen) atoms. The zero-order chi connectivity index (χ0) is 8.27. The quantitative estimate of drug-likeness (QED) is 0.470. The summed E-state index contributed by atoms with van der Waals surface area (Å²) >= 11 is 0. The zero-order valence-electron chi connectivity index (χ0n) is 6.06. The Kier molecular flexibility index (Phi) is 2.33. The molecule has 56 valence electrons. The van der Waals surface area contributed by atoms with Crippen LogP contribution in [0.2, 0.25) is 0 Å². The number of pyridine rings is 1. The first kappa shape index (κ1) is 7.88. The van der Waals surface area contributed by atoms with Crippen LogP contribution in [-0.2, 0) is 0 Å². The van der Waals surface area contributed by atoms with Crippen molar-refractivity contribution >= 4 is 12.5 Å². The number of hydrogen-bond acceptors (Lipinski definition) is 4. The summed E-state index contributed by atoms with van der Waals surface area (Å²) in [6.45, 7) is 1.76. The molecule has 0 saturated carbocycles. The van der Waals surface area contributed by atoms with Gasteiger partial charge in [-0.05, 0) is 24.0 Å². The molecule has 1 N–H and O–H groups in total. The molecule has 0 aromatic carbocycles. The number of nitroso groups, excluding NO2 is 1. The lowest BCUT2D eigenvalue weighted by Gasteiger charge is -1.99. The van der Waals surface area contributed by atoms with Gasteiger partial charge < -0.3 is 5.02 Å². The number of rotatable bonds is 2. The van der Waals surface area contributed by atoms with Crippen LogP contribution in [0.15, 0.2) is 23.5 Å². The van der Waals surface area contributed by atoms with E-state index in [0.29, 0.717) is 5.46 Å². The van der Waals surface area contributed by atoms with Gasteiger partial charge in [0.15, 0.2) is 0 Å². The Morgan fingerprint density at radius 3 is 3.00 bits per heavy atom. The first-order chi connectivity index (χ1) is 5.25. The topological polar surface area (TPSA) is 62.6 Å². The second-order valence-corrected chi connectivity index (χ2v) is 2.21. The van der Waals surface area contributed by atoms with Gasteiger partial charge in [-0.3, -0.25) is 4.98 Å². The minimum Gasteiger partial charge on any atom is -0.425 e. The zero-order valence-corrected chi connectivity index (χ0v) is 6.06. The van der Waals surface area contributed by atoms with Crippen molar-refractivity contribution in [3.8, 4) is 0 Å². The molecule has 0 spiro atoms. The molecule has 0 aliphatic rings. The fourth-order valence-corrected chi connectivity index (χ4v) is 0.831. The lowest BCUT2D eigenvalue weighted by atomic mass is 9.74. The van der Waals surface area contributed by atoms with Crippen LogP contribution in [0.1, 0.15) is 5.56 Å². The van der Waals surface area contributed by atoms with Crippen LogP contribution in [0.25, 0.3) is 0 Å². The standard InChI is InChI=1S/C6H7BN2O2/c1-5-4-8-3-2-6(5)7(10)9-11/h2-4,10H,1H3. The Morgan fingerprint density at radius 2 is 2.45 bits per heavy atom. The molecule has 0 unspecified atom stereocenters. The Bertz CT molecular complexity index is 267. The van der Waals surface area contributed by atoms with Gasteiger partial charge in [0.05, 0.1) is 0 Å². The van der Waals surface area contributed by atoms with Crippen LogP contribution in [0.4, 0.5) is 0 Å². The summed E-state index contributed by atoms with van der Waals surface area (Å²) in [5.74, 6) is 0. The number of aromatic nitrogens is 1. The Balaban J connectivity index is 3.02. The summed E-state index contributed by atoms with van der Waals surface area (Å²) in [5.41, 5.74) is 1.27. The third kappa shape index (κ3) is 1.62. The van der Waals surface area contributed by atoms with Gasteiger partial charge in [-0.2, -0.15) is 4.91 Å². The van der Waals surface area contributed by atoms with E-state index >= 15 is 0 Å². The molecule has 1 aromatic heterocycles. The second-order valence-electron chi connectivity index (χ2n) is 2.21. The van der Waals surface area contributed by atoms with Crippen molar-refractivity contribution < 1.29 is 5.02 Å². The van der Waals surface area contributed by atoms with E-state index in [1.165, 1.54) is 6.20 Å². The summed E-state index contributed by atoms with van der Waals surface area (Å²) in [5, 5.41) is 11.5. The lowest BCUT2D eigenvalue weighted by molar-refractivity contribution is 0.587. The molecule has 1 aromatic rings. The van der Waals surface area contributed by atoms with Gasteiger partial charge in [-0.1, -0.05) is 5.09 Å². The van der Waals surface area contributed by atoms with E-state index in [2.05, 4.69) is 10.1 Å². The highest BCUT2D eigenvalue weighted by Crippen LogP contribution is 1.91. The molecule has 0 aliphatic carbocycles. The van der Waals surface area contributed by atoms with Crippen molar-refractivity contribution in [1.29, 1.82) is 0 Å². The van der Waals surface area contributed by atoms with Crippen molar-refractivity contribution in [2.45, 2.75) is 6.92 Å². The fourth-order valence-electron chi connectivity index (χ4n) is 0.831. The summed E-state index contributed by atoms with van der Waals surface area (Å²) in [4.78, 5) is 13.7. The molecule has 0 amide bonds. The molecule has 0 aliphatic heterocycles. The van der Waals surface area contributed by atoms with Crippen LogP contribution in [0.3, 0.4) is 0 Å². The van der Waals surface area contributed by atoms with E-state index in [4.69, 9.17) is 5.02 Å². The molecule has 0 bridgehead atoms. The van der Waals surface area contributed by atoms with Crippen molar-refractivity contribution in [3.05, 3.63) is 28.9 Å². The third-order valence-electron chi connectivity index (χ3n) is 1.44. The maximum absolute atomic E-state index is 9.94. The smallest absolute Gasteiger partial charge is 0.425 e. The maximum atomic E-state index is 9.94. The number of nitrogens with zero attached hydrogens (tertiary/aromatic N) is 2. The first-order valence-electron chi connectivity index (χ1n) is 3.16. The highest BCUT2D eigenvalue weighted by molar-refractivity contribution is 6.64. The summed E-state index contributed by atoms with van der Waals surface area (Å²) < 4.78 is 0. The van der Waals surface area contributed by atoms with E-state index < -0.39 is 7.05 Å². The van der Waals surface area contributed by atoms with Crippen molar-refractivity contribution in [2.75, 3.05) is 0 Å². The van der Waals surface area contributed by atoms with Gasteiger partial charge in [-0.15, -0.1) is 0 Å². The largest absolute Gasteiger partial charge is 0.517 e. The van der Waals surface area contributed by atoms with Gasteiger partial charge in [0.1, 0.15) is 0 Å². The maximum Gasteiger partial charge on any atom is 0.517 e.